The second-order valence-electron chi connectivity index (χ2n) is 4.79. The molecule has 78 valence electrons. The number of hydrogen-bond acceptors (Lipinski definition) is 3. The van der Waals surface area contributed by atoms with Crippen molar-refractivity contribution in [2.24, 2.45) is 0 Å². The molecule has 0 fully saturated rings. The predicted octanol–water partition coefficient (Wildman–Crippen LogP) is 1.03. The van der Waals surface area contributed by atoms with Gasteiger partial charge in [-0.05, 0) is 6.42 Å². The highest BCUT2D eigenvalue weighted by Gasteiger charge is 2.25. The zero-order valence-electron chi connectivity index (χ0n) is 8.71. The minimum Gasteiger partial charge on any atom is -0.393 e. The average Bonchev–Trinajstić information content (AvgIpc) is 2.02. The van der Waals surface area contributed by atoms with Gasteiger partial charge in [0.05, 0.1) is 6.61 Å². The number of aliphatic hydroxyl groups is 2. The number of carbonyl (C=O) groups is 1. The van der Waals surface area contributed by atoms with E-state index in [1.807, 2.05) is 0 Å². The van der Waals surface area contributed by atoms with Crippen molar-refractivity contribution in [3.05, 3.63) is 0 Å². The quantitative estimate of drug-likeness (QED) is 0.502. The molecule has 0 saturated heterocycles. The number of carbonyl (C=O) groups excluding carboxylic acids is 1. The third-order valence-electron chi connectivity index (χ3n) is 2.03. The first-order valence-corrected chi connectivity index (χ1v) is 8.33. The van der Waals surface area contributed by atoms with Gasteiger partial charge in [0, 0.05) is 8.07 Å². The zero-order valence-corrected chi connectivity index (χ0v) is 9.71. The van der Waals surface area contributed by atoms with E-state index in [4.69, 9.17) is 5.11 Å². The van der Waals surface area contributed by atoms with Gasteiger partial charge in [0.15, 0.2) is 6.29 Å². The Hall–Kier alpha value is -0.193. The van der Waals surface area contributed by atoms with E-state index < -0.39 is 20.3 Å². The van der Waals surface area contributed by atoms with E-state index in [1.165, 1.54) is 0 Å². The van der Waals surface area contributed by atoms with E-state index in [2.05, 4.69) is 19.6 Å². The van der Waals surface area contributed by atoms with Gasteiger partial charge in [-0.15, -0.1) is 0 Å². The van der Waals surface area contributed by atoms with Gasteiger partial charge in [-0.25, -0.2) is 0 Å². The molecule has 3 nitrogen and oxygen atoms in total. The van der Waals surface area contributed by atoms with Crippen LogP contribution in [0.2, 0.25) is 25.7 Å². The summed E-state index contributed by atoms with van der Waals surface area (Å²) in [6.45, 7) is 6.26. The molecule has 0 aliphatic carbocycles. The third kappa shape index (κ3) is 5.96. The van der Waals surface area contributed by atoms with Crippen LogP contribution in [0.1, 0.15) is 12.8 Å². The SMILES string of the molecule is C[Si](C)(C)CCCC(O)(C=O)CO. The Morgan fingerprint density at radius 1 is 1.38 bits per heavy atom. The number of aldehydes is 1. The summed E-state index contributed by atoms with van der Waals surface area (Å²) in [5.41, 5.74) is -1.50. The van der Waals surface area contributed by atoms with Crippen molar-refractivity contribution >= 4 is 14.4 Å². The van der Waals surface area contributed by atoms with Crippen LogP contribution in [0.4, 0.5) is 0 Å². The summed E-state index contributed by atoms with van der Waals surface area (Å²) in [5, 5.41) is 18.2. The number of aliphatic hydroxyl groups excluding tert-OH is 1. The lowest BCUT2D eigenvalue weighted by molar-refractivity contribution is -0.128. The van der Waals surface area contributed by atoms with Gasteiger partial charge in [-0.2, -0.15) is 0 Å². The minimum absolute atomic E-state index is 0.372. The fraction of sp³-hybridized carbons (Fsp3) is 0.889. The molecule has 0 radical (unpaired) electrons. The molecule has 0 aliphatic rings. The predicted molar refractivity (Wildman–Crippen MR) is 55.5 cm³/mol. The van der Waals surface area contributed by atoms with Crippen LogP contribution in [0.3, 0.4) is 0 Å². The van der Waals surface area contributed by atoms with Crippen molar-refractivity contribution in [1.29, 1.82) is 0 Å². The van der Waals surface area contributed by atoms with E-state index in [9.17, 15) is 9.90 Å². The molecule has 0 aromatic carbocycles. The maximum atomic E-state index is 10.4. The monoisotopic (exact) mass is 204 g/mol. The Bertz CT molecular complexity index is 165. The standard InChI is InChI=1S/C9H20O3Si/c1-13(2,3)6-4-5-9(12,7-10)8-11/h7,11-12H,4-6,8H2,1-3H3. The summed E-state index contributed by atoms with van der Waals surface area (Å²) in [7, 11) is -1.09. The van der Waals surface area contributed by atoms with Gasteiger partial charge in [-0.1, -0.05) is 32.1 Å². The first-order chi connectivity index (χ1) is 5.83. The molecule has 0 amide bonds. The lowest BCUT2D eigenvalue weighted by Gasteiger charge is -2.21. The van der Waals surface area contributed by atoms with Crippen LogP contribution in [-0.2, 0) is 4.79 Å². The Labute approximate surface area is 80.8 Å². The molecule has 0 heterocycles. The van der Waals surface area contributed by atoms with Crippen molar-refractivity contribution in [2.75, 3.05) is 6.61 Å². The van der Waals surface area contributed by atoms with E-state index in [0.29, 0.717) is 12.7 Å². The molecule has 0 rings (SSSR count). The molecule has 0 bridgehead atoms. The smallest absolute Gasteiger partial charge is 0.153 e. The van der Waals surface area contributed by atoms with Crippen LogP contribution in [0.15, 0.2) is 0 Å². The second kappa shape index (κ2) is 4.88. The molecule has 1 atom stereocenters. The topological polar surface area (TPSA) is 57.5 Å². The molecule has 2 N–H and O–H groups in total. The summed E-state index contributed by atoms with van der Waals surface area (Å²) in [5.74, 6) is 0. The van der Waals surface area contributed by atoms with Gasteiger partial charge in [-0.3, -0.25) is 0 Å². The second-order valence-corrected chi connectivity index (χ2v) is 10.4. The molecule has 0 spiro atoms. The molecule has 1 unspecified atom stereocenters. The van der Waals surface area contributed by atoms with Gasteiger partial charge < -0.3 is 15.0 Å². The van der Waals surface area contributed by atoms with E-state index in [1.54, 1.807) is 0 Å². The average molecular weight is 204 g/mol. The Kier molecular flexibility index (Phi) is 4.81. The summed E-state index contributed by atoms with van der Waals surface area (Å²) < 4.78 is 0. The van der Waals surface area contributed by atoms with Crippen LogP contribution in [0.25, 0.3) is 0 Å². The first kappa shape index (κ1) is 12.8. The lowest BCUT2D eigenvalue weighted by Crippen LogP contribution is -2.35. The highest BCUT2D eigenvalue weighted by molar-refractivity contribution is 6.76. The van der Waals surface area contributed by atoms with Crippen LogP contribution < -0.4 is 0 Å². The molecular formula is C9H20O3Si. The van der Waals surface area contributed by atoms with Gasteiger partial charge in [0.2, 0.25) is 0 Å². The number of hydrogen-bond donors (Lipinski definition) is 2. The maximum Gasteiger partial charge on any atom is 0.153 e. The fourth-order valence-electron chi connectivity index (χ4n) is 1.10. The lowest BCUT2D eigenvalue weighted by atomic mass is 10.0. The van der Waals surface area contributed by atoms with Crippen molar-refractivity contribution in [1.82, 2.24) is 0 Å². The van der Waals surface area contributed by atoms with E-state index in [-0.39, 0.29) is 0 Å². The van der Waals surface area contributed by atoms with Gasteiger partial charge >= 0.3 is 0 Å². The largest absolute Gasteiger partial charge is 0.393 e. The minimum atomic E-state index is -1.50. The highest BCUT2D eigenvalue weighted by Crippen LogP contribution is 2.17. The molecule has 13 heavy (non-hydrogen) atoms. The van der Waals surface area contributed by atoms with Crippen molar-refractivity contribution in [2.45, 2.75) is 44.1 Å². The Balaban J connectivity index is 3.81. The molecule has 0 aliphatic heterocycles. The van der Waals surface area contributed by atoms with Crippen LogP contribution in [-0.4, -0.2) is 36.8 Å². The highest BCUT2D eigenvalue weighted by atomic mass is 28.3. The van der Waals surface area contributed by atoms with E-state index >= 15 is 0 Å². The van der Waals surface area contributed by atoms with Crippen LogP contribution in [0.5, 0.6) is 0 Å². The molecule has 0 aromatic rings. The maximum absolute atomic E-state index is 10.4. The summed E-state index contributed by atoms with van der Waals surface area (Å²) in [6.07, 6.45) is 1.63. The van der Waals surface area contributed by atoms with Crippen molar-refractivity contribution < 1.29 is 15.0 Å². The molecule has 0 saturated carbocycles. The van der Waals surface area contributed by atoms with E-state index in [0.717, 1.165) is 12.5 Å². The van der Waals surface area contributed by atoms with Gasteiger partial charge in [0.25, 0.3) is 0 Å². The summed E-state index contributed by atoms with van der Waals surface area (Å²) in [6, 6.07) is 1.07. The summed E-state index contributed by atoms with van der Waals surface area (Å²) >= 11 is 0. The van der Waals surface area contributed by atoms with Crippen LogP contribution >= 0.6 is 0 Å². The molecular weight excluding hydrogens is 184 g/mol. The molecule has 4 heteroatoms. The summed E-state index contributed by atoms with van der Waals surface area (Å²) in [4.78, 5) is 10.4. The Morgan fingerprint density at radius 2 is 1.92 bits per heavy atom. The normalized spacial score (nSPS) is 16.7. The van der Waals surface area contributed by atoms with Crippen molar-refractivity contribution in [3.8, 4) is 0 Å². The number of rotatable bonds is 6. The fourth-order valence-corrected chi connectivity index (χ4v) is 2.34. The third-order valence-corrected chi connectivity index (χ3v) is 3.88. The first-order valence-electron chi connectivity index (χ1n) is 4.62. The van der Waals surface area contributed by atoms with Crippen LogP contribution in [0, 0.1) is 0 Å². The molecule has 0 aromatic heterocycles. The van der Waals surface area contributed by atoms with Crippen molar-refractivity contribution in [3.63, 3.8) is 0 Å². The zero-order chi connectivity index (χ0) is 10.5. The Morgan fingerprint density at radius 3 is 2.23 bits per heavy atom. The van der Waals surface area contributed by atoms with Gasteiger partial charge in [0.1, 0.15) is 5.60 Å².